The van der Waals surface area contributed by atoms with Gasteiger partial charge in [-0.3, -0.25) is 10.1 Å². The third-order valence-corrected chi connectivity index (χ3v) is 4.48. The van der Waals surface area contributed by atoms with Crippen LogP contribution in [0.25, 0.3) is 0 Å². The molecule has 0 aliphatic carbocycles. The Balaban J connectivity index is 2.98. The Morgan fingerprint density at radius 1 is 1.50 bits per heavy atom. The lowest BCUT2D eigenvalue weighted by Crippen LogP contribution is -2.32. The number of nitrogens with one attached hydrogen (secondary N) is 1. The third-order valence-electron chi connectivity index (χ3n) is 2.58. The van der Waals surface area contributed by atoms with Gasteiger partial charge >= 0.3 is 0 Å². The first-order chi connectivity index (χ1) is 9.27. The fourth-order valence-electron chi connectivity index (χ4n) is 1.59. The summed E-state index contributed by atoms with van der Waals surface area (Å²) in [5.41, 5.74) is -0.461. The number of hydrogen-bond acceptors (Lipinski definition) is 5. The number of hydrogen-bond donors (Lipinski definition) is 2. The van der Waals surface area contributed by atoms with Gasteiger partial charge in [-0.1, -0.05) is 11.6 Å². The normalized spacial score (nSPS) is 13.2. The summed E-state index contributed by atoms with van der Waals surface area (Å²) < 4.78 is 26.5. The summed E-state index contributed by atoms with van der Waals surface area (Å²) in [4.78, 5) is 9.78. The number of nitrogens with zero attached hydrogens (tertiary/aromatic N) is 1. The first-order valence-corrected chi connectivity index (χ1v) is 7.71. The molecule has 112 valence electrons. The molecule has 0 heterocycles. The number of nitro groups is 1. The topological polar surface area (TPSA) is 110 Å². The van der Waals surface area contributed by atoms with E-state index in [1.165, 1.54) is 12.1 Å². The highest BCUT2D eigenvalue weighted by atomic mass is 35.5. The SMILES string of the molecule is CC(CCCO)NS(=O)(=O)c1ccc(Cl)c([N+](=O)[O-])c1. The largest absolute Gasteiger partial charge is 0.396 e. The smallest absolute Gasteiger partial charge is 0.289 e. The van der Waals surface area contributed by atoms with Crippen LogP contribution in [0.4, 0.5) is 5.69 Å². The van der Waals surface area contributed by atoms with Gasteiger partial charge in [-0.15, -0.1) is 0 Å². The van der Waals surface area contributed by atoms with Crippen molar-refractivity contribution in [3.05, 3.63) is 33.3 Å². The molecule has 1 unspecified atom stereocenters. The van der Waals surface area contributed by atoms with E-state index in [9.17, 15) is 18.5 Å². The molecule has 0 spiro atoms. The highest BCUT2D eigenvalue weighted by molar-refractivity contribution is 7.89. The Morgan fingerprint density at radius 2 is 2.15 bits per heavy atom. The first kappa shape index (κ1) is 16.8. The quantitative estimate of drug-likeness (QED) is 0.586. The fourth-order valence-corrected chi connectivity index (χ4v) is 3.07. The first-order valence-electron chi connectivity index (χ1n) is 5.85. The number of benzene rings is 1. The van der Waals surface area contributed by atoms with Gasteiger partial charge < -0.3 is 5.11 Å². The van der Waals surface area contributed by atoms with Crippen molar-refractivity contribution in [2.45, 2.75) is 30.7 Å². The molecule has 0 amide bonds. The van der Waals surface area contributed by atoms with Gasteiger partial charge in [0.05, 0.1) is 9.82 Å². The number of sulfonamides is 1. The second kappa shape index (κ2) is 6.98. The minimum Gasteiger partial charge on any atom is -0.396 e. The van der Waals surface area contributed by atoms with Gasteiger partial charge in [-0.05, 0) is 31.9 Å². The van der Waals surface area contributed by atoms with Crippen molar-refractivity contribution in [3.63, 3.8) is 0 Å². The molecule has 0 saturated heterocycles. The minimum atomic E-state index is -3.86. The molecule has 1 aromatic carbocycles. The van der Waals surface area contributed by atoms with Crippen LogP contribution in [0.2, 0.25) is 5.02 Å². The molecule has 0 saturated carbocycles. The van der Waals surface area contributed by atoms with Crippen LogP contribution < -0.4 is 4.72 Å². The van der Waals surface area contributed by atoms with Crippen LogP contribution in [-0.4, -0.2) is 31.1 Å². The summed E-state index contributed by atoms with van der Waals surface area (Å²) in [5, 5.41) is 19.3. The third kappa shape index (κ3) is 4.41. The second-order valence-corrected chi connectivity index (χ2v) is 6.38. The van der Waals surface area contributed by atoms with Gasteiger partial charge in [0, 0.05) is 18.7 Å². The number of aliphatic hydroxyl groups is 1. The molecular formula is C11H15ClN2O5S. The Bertz CT molecular complexity index is 590. The Hall–Kier alpha value is -1.22. The molecule has 9 heteroatoms. The zero-order valence-electron chi connectivity index (χ0n) is 10.7. The summed E-state index contributed by atoms with van der Waals surface area (Å²) >= 11 is 5.63. The van der Waals surface area contributed by atoms with Gasteiger partial charge in [-0.2, -0.15) is 0 Å². The standard InChI is InChI=1S/C11H15ClN2O5S/c1-8(3-2-6-15)13-20(18,19)9-4-5-10(12)11(7-9)14(16)17/h4-5,7-8,13,15H,2-3,6H2,1H3. The molecule has 0 bridgehead atoms. The molecule has 0 radical (unpaired) electrons. The molecule has 0 aromatic heterocycles. The van der Waals surface area contributed by atoms with Crippen molar-refractivity contribution in [1.29, 1.82) is 0 Å². The number of halogens is 1. The summed E-state index contributed by atoms with van der Waals surface area (Å²) in [6.45, 7) is 1.62. The molecule has 1 rings (SSSR count). The summed E-state index contributed by atoms with van der Waals surface area (Å²) in [6.07, 6.45) is 0.926. The van der Waals surface area contributed by atoms with Crippen molar-refractivity contribution in [3.8, 4) is 0 Å². The van der Waals surface area contributed by atoms with Crippen LogP contribution in [0, 0.1) is 10.1 Å². The molecular weight excluding hydrogens is 308 g/mol. The van der Waals surface area contributed by atoms with Gasteiger partial charge in [0.25, 0.3) is 5.69 Å². The van der Waals surface area contributed by atoms with Crippen molar-refractivity contribution in [1.82, 2.24) is 4.72 Å². The van der Waals surface area contributed by atoms with Crippen LogP contribution in [-0.2, 0) is 10.0 Å². The lowest BCUT2D eigenvalue weighted by molar-refractivity contribution is -0.384. The average molecular weight is 323 g/mol. The van der Waals surface area contributed by atoms with E-state index in [0.717, 1.165) is 6.07 Å². The van der Waals surface area contributed by atoms with Crippen LogP contribution in [0.15, 0.2) is 23.1 Å². The van der Waals surface area contributed by atoms with Gasteiger partial charge in [-0.25, -0.2) is 13.1 Å². The maximum Gasteiger partial charge on any atom is 0.289 e. The lowest BCUT2D eigenvalue weighted by Gasteiger charge is -2.13. The number of aliphatic hydroxyl groups excluding tert-OH is 1. The molecule has 1 atom stereocenters. The van der Waals surface area contributed by atoms with Gasteiger partial charge in [0.15, 0.2) is 0 Å². The zero-order valence-corrected chi connectivity index (χ0v) is 12.3. The Labute approximate surface area is 121 Å². The van der Waals surface area contributed by atoms with Crippen LogP contribution in [0.3, 0.4) is 0 Å². The molecule has 7 nitrogen and oxygen atoms in total. The number of nitro benzene ring substituents is 1. The van der Waals surface area contributed by atoms with Gasteiger partial charge in [0.2, 0.25) is 10.0 Å². The minimum absolute atomic E-state index is 0.0293. The average Bonchev–Trinajstić information content (AvgIpc) is 2.35. The highest BCUT2D eigenvalue weighted by Crippen LogP contribution is 2.27. The van der Waals surface area contributed by atoms with Crippen molar-refractivity contribution in [2.24, 2.45) is 0 Å². The maximum atomic E-state index is 12.1. The van der Waals surface area contributed by atoms with E-state index >= 15 is 0 Å². The van der Waals surface area contributed by atoms with Crippen molar-refractivity contribution in [2.75, 3.05) is 6.61 Å². The van der Waals surface area contributed by atoms with Crippen molar-refractivity contribution < 1.29 is 18.4 Å². The van der Waals surface area contributed by atoms with Gasteiger partial charge in [0.1, 0.15) is 5.02 Å². The highest BCUT2D eigenvalue weighted by Gasteiger charge is 2.22. The lowest BCUT2D eigenvalue weighted by atomic mass is 10.2. The Kier molecular flexibility index (Phi) is 5.88. The monoisotopic (exact) mass is 322 g/mol. The van der Waals surface area contributed by atoms with E-state index in [-0.39, 0.29) is 22.6 Å². The summed E-state index contributed by atoms with van der Waals surface area (Å²) in [5.74, 6) is 0. The predicted octanol–water partition coefficient (Wildman–Crippen LogP) is 1.69. The molecule has 20 heavy (non-hydrogen) atoms. The molecule has 0 fully saturated rings. The molecule has 0 aliphatic rings. The number of rotatable bonds is 7. The molecule has 1 aromatic rings. The second-order valence-electron chi connectivity index (χ2n) is 4.26. The maximum absolute atomic E-state index is 12.1. The van der Waals surface area contributed by atoms with Crippen LogP contribution >= 0.6 is 11.6 Å². The fraction of sp³-hybridized carbons (Fsp3) is 0.455. The zero-order chi connectivity index (χ0) is 15.3. The van der Waals surface area contributed by atoms with E-state index < -0.39 is 20.6 Å². The van der Waals surface area contributed by atoms with Crippen LogP contribution in [0.5, 0.6) is 0 Å². The molecule has 2 N–H and O–H groups in total. The molecule has 0 aliphatic heterocycles. The Morgan fingerprint density at radius 3 is 2.70 bits per heavy atom. The van der Waals surface area contributed by atoms with E-state index in [4.69, 9.17) is 16.7 Å². The van der Waals surface area contributed by atoms with E-state index in [2.05, 4.69) is 4.72 Å². The van der Waals surface area contributed by atoms with Crippen molar-refractivity contribution >= 4 is 27.3 Å². The summed E-state index contributed by atoms with van der Waals surface area (Å²) in [7, 11) is -3.86. The predicted molar refractivity (Wildman–Crippen MR) is 74.2 cm³/mol. The van der Waals surface area contributed by atoms with Crippen LogP contribution in [0.1, 0.15) is 19.8 Å². The van der Waals surface area contributed by atoms with E-state index in [0.29, 0.717) is 12.8 Å². The summed E-state index contributed by atoms with van der Waals surface area (Å²) in [6, 6.07) is 2.91. The van der Waals surface area contributed by atoms with E-state index in [1.807, 2.05) is 0 Å². The van der Waals surface area contributed by atoms with E-state index in [1.54, 1.807) is 6.92 Å².